The van der Waals surface area contributed by atoms with Gasteiger partial charge in [0.25, 0.3) is 0 Å². The van der Waals surface area contributed by atoms with E-state index < -0.39 is 0 Å². The number of aryl methyl sites for hydroxylation is 1. The minimum Gasteiger partial charge on any atom is -0.368 e. The fourth-order valence-electron chi connectivity index (χ4n) is 3.21. The molecule has 0 radical (unpaired) electrons. The van der Waals surface area contributed by atoms with Gasteiger partial charge in [0.2, 0.25) is 5.95 Å². The average Bonchev–Trinajstić information content (AvgIpc) is 3.35. The van der Waals surface area contributed by atoms with Crippen LogP contribution >= 0.6 is 0 Å². The van der Waals surface area contributed by atoms with E-state index in [4.69, 9.17) is 9.26 Å². The fourth-order valence-corrected chi connectivity index (χ4v) is 3.21. The van der Waals surface area contributed by atoms with E-state index in [1.165, 1.54) is 19.1 Å². The Morgan fingerprint density at radius 1 is 1.31 bits per heavy atom. The van der Waals surface area contributed by atoms with Gasteiger partial charge in [-0.15, -0.1) is 0 Å². The summed E-state index contributed by atoms with van der Waals surface area (Å²) >= 11 is 0. The first-order valence-electron chi connectivity index (χ1n) is 8.87. The molecule has 0 bridgehead atoms. The Morgan fingerprint density at radius 3 is 2.92 bits per heavy atom. The van der Waals surface area contributed by atoms with E-state index in [9.17, 15) is 4.79 Å². The van der Waals surface area contributed by atoms with Crippen molar-refractivity contribution in [1.29, 1.82) is 0 Å². The second-order valence-electron chi connectivity index (χ2n) is 6.56. The molecule has 9 heteroatoms. The van der Waals surface area contributed by atoms with Crippen molar-refractivity contribution in [2.24, 2.45) is 0 Å². The third-order valence-electron chi connectivity index (χ3n) is 4.71. The van der Waals surface area contributed by atoms with Gasteiger partial charge in [0, 0.05) is 31.4 Å². The number of urea groups is 1. The molecule has 2 aromatic rings. The van der Waals surface area contributed by atoms with Gasteiger partial charge in [-0.2, -0.15) is 0 Å². The van der Waals surface area contributed by atoms with Gasteiger partial charge in [0.05, 0.1) is 18.8 Å². The van der Waals surface area contributed by atoms with Gasteiger partial charge < -0.3 is 19.1 Å². The first kappa shape index (κ1) is 16.8. The predicted molar refractivity (Wildman–Crippen MR) is 94.0 cm³/mol. The number of nitrogens with zero attached hydrogens (tertiary/aromatic N) is 5. The predicted octanol–water partition coefficient (Wildman–Crippen LogP) is 1.98. The topological polar surface area (TPSA) is 96.6 Å². The van der Waals surface area contributed by atoms with Crippen LogP contribution in [0.5, 0.6) is 0 Å². The summed E-state index contributed by atoms with van der Waals surface area (Å²) in [5, 5.41) is 6.57. The Kier molecular flexibility index (Phi) is 4.70. The number of anilines is 2. The molecular formula is C17H22N6O3. The normalized spacial score (nSPS) is 20.4. The standard InChI is InChI=1S/C17H22N6O3/c1-12-11-26-21-15(12)20-17(24)23-8-9-25-14(10-23)13-4-5-18-16(19-13)22-6-2-3-7-22/h4-5,11,14H,2-3,6-10H2,1H3,(H,20,21,24). The van der Waals surface area contributed by atoms with Gasteiger partial charge in [-0.05, 0) is 25.8 Å². The molecule has 2 aliphatic rings. The molecule has 9 nitrogen and oxygen atoms in total. The summed E-state index contributed by atoms with van der Waals surface area (Å²) in [5.74, 6) is 1.18. The van der Waals surface area contributed by atoms with Crippen LogP contribution in [0.15, 0.2) is 23.0 Å². The number of rotatable bonds is 3. The first-order valence-corrected chi connectivity index (χ1v) is 8.87. The third-order valence-corrected chi connectivity index (χ3v) is 4.71. The largest absolute Gasteiger partial charge is 0.368 e. The minimum atomic E-state index is -0.266. The summed E-state index contributed by atoms with van der Waals surface area (Å²) in [7, 11) is 0. The second-order valence-corrected chi connectivity index (χ2v) is 6.56. The van der Waals surface area contributed by atoms with Gasteiger partial charge >= 0.3 is 6.03 Å². The highest BCUT2D eigenvalue weighted by Gasteiger charge is 2.28. The molecule has 138 valence electrons. The van der Waals surface area contributed by atoms with Crippen molar-refractivity contribution in [3.8, 4) is 0 Å². The van der Waals surface area contributed by atoms with E-state index in [0.717, 1.165) is 30.3 Å². The van der Waals surface area contributed by atoms with E-state index in [-0.39, 0.29) is 12.1 Å². The molecule has 2 aliphatic heterocycles. The van der Waals surface area contributed by atoms with Crippen molar-refractivity contribution in [2.45, 2.75) is 25.9 Å². The first-order chi connectivity index (χ1) is 12.7. The van der Waals surface area contributed by atoms with Crippen LogP contribution in [0.25, 0.3) is 0 Å². The lowest BCUT2D eigenvalue weighted by Gasteiger charge is -2.32. The van der Waals surface area contributed by atoms with Crippen LogP contribution in [0.2, 0.25) is 0 Å². The number of amides is 2. The highest BCUT2D eigenvalue weighted by Crippen LogP contribution is 2.24. The Labute approximate surface area is 151 Å². The summed E-state index contributed by atoms with van der Waals surface area (Å²) in [6, 6.07) is 1.64. The lowest BCUT2D eigenvalue weighted by Crippen LogP contribution is -2.44. The summed E-state index contributed by atoms with van der Waals surface area (Å²) in [6.45, 7) is 5.21. The molecule has 1 N–H and O–H groups in total. The van der Waals surface area contributed by atoms with Crippen LogP contribution in [-0.2, 0) is 4.74 Å². The summed E-state index contributed by atoms with van der Waals surface area (Å²) in [5.41, 5.74) is 1.59. The van der Waals surface area contributed by atoms with Gasteiger partial charge in [-0.1, -0.05) is 5.16 Å². The molecule has 2 aromatic heterocycles. The highest BCUT2D eigenvalue weighted by atomic mass is 16.5. The summed E-state index contributed by atoms with van der Waals surface area (Å²) in [6.07, 6.45) is 5.33. The monoisotopic (exact) mass is 358 g/mol. The average molecular weight is 358 g/mol. The van der Waals surface area contributed by atoms with Crippen LogP contribution in [-0.4, -0.2) is 58.8 Å². The molecule has 2 saturated heterocycles. The Morgan fingerprint density at radius 2 is 2.15 bits per heavy atom. The molecule has 4 heterocycles. The Balaban J connectivity index is 1.44. The van der Waals surface area contributed by atoms with E-state index in [0.29, 0.717) is 25.5 Å². The van der Waals surface area contributed by atoms with E-state index in [2.05, 4.69) is 25.3 Å². The number of carbonyl (C=O) groups is 1. The molecule has 0 saturated carbocycles. The van der Waals surface area contributed by atoms with E-state index >= 15 is 0 Å². The lowest BCUT2D eigenvalue weighted by molar-refractivity contribution is -0.0157. The van der Waals surface area contributed by atoms with E-state index in [1.54, 1.807) is 11.1 Å². The Bertz CT molecular complexity index is 773. The van der Waals surface area contributed by atoms with Crippen molar-refractivity contribution in [2.75, 3.05) is 43.0 Å². The third kappa shape index (κ3) is 3.48. The van der Waals surface area contributed by atoms with Crippen molar-refractivity contribution in [3.63, 3.8) is 0 Å². The molecule has 0 aliphatic carbocycles. The van der Waals surface area contributed by atoms with Crippen LogP contribution in [0.4, 0.5) is 16.6 Å². The highest BCUT2D eigenvalue weighted by molar-refractivity contribution is 5.88. The zero-order valence-corrected chi connectivity index (χ0v) is 14.7. The van der Waals surface area contributed by atoms with Crippen molar-refractivity contribution in [1.82, 2.24) is 20.0 Å². The fraction of sp³-hybridized carbons (Fsp3) is 0.529. The molecule has 2 fully saturated rings. The maximum atomic E-state index is 12.5. The zero-order valence-electron chi connectivity index (χ0n) is 14.7. The van der Waals surface area contributed by atoms with E-state index in [1.807, 2.05) is 13.0 Å². The van der Waals surface area contributed by atoms with Gasteiger partial charge in [0.15, 0.2) is 5.82 Å². The number of aromatic nitrogens is 3. The zero-order chi connectivity index (χ0) is 17.9. The van der Waals surface area contributed by atoms with Crippen LogP contribution in [0.3, 0.4) is 0 Å². The molecule has 0 spiro atoms. The summed E-state index contributed by atoms with van der Waals surface area (Å²) in [4.78, 5) is 25.4. The van der Waals surface area contributed by atoms with Gasteiger partial charge in [-0.25, -0.2) is 14.8 Å². The van der Waals surface area contributed by atoms with Gasteiger partial charge in [-0.3, -0.25) is 5.32 Å². The quantitative estimate of drug-likeness (QED) is 0.896. The SMILES string of the molecule is Cc1conc1NC(=O)N1CCOC(c2ccnc(N3CCCC3)n2)C1. The molecule has 26 heavy (non-hydrogen) atoms. The minimum absolute atomic E-state index is 0.218. The number of hydrogen-bond donors (Lipinski definition) is 1. The Hall–Kier alpha value is -2.68. The van der Waals surface area contributed by atoms with Crippen molar-refractivity contribution < 1.29 is 14.1 Å². The number of ether oxygens (including phenoxy) is 1. The van der Waals surface area contributed by atoms with Crippen molar-refractivity contribution in [3.05, 3.63) is 29.8 Å². The molecular weight excluding hydrogens is 336 g/mol. The van der Waals surface area contributed by atoms with Gasteiger partial charge in [0.1, 0.15) is 12.4 Å². The number of nitrogens with one attached hydrogen (secondary N) is 1. The maximum Gasteiger partial charge on any atom is 0.323 e. The van der Waals surface area contributed by atoms with Crippen LogP contribution < -0.4 is 10.2 Å². The van der Waals surface area contributed by atoms with Crippen LogP contribution in [0.1, 0.15) is 30.2 Å². The van der Waals surface area contributed by atoms with Crippen molar-refractivity contribution >= 4 is 17.8 Å². The van der Waals surface area contributed by atoms with Crippen LogP contribution in [0, 0.1) is 6.92 Å². The second kappa shape index (κ2) is 7.28. The lowest BCUT2D eigenvalue weighted by atomic mass is 10.2. The molecule has 0 aromatic carbocycles. The molecule has 1 unspecified atom stereocenters. The molecule has 2 amide bonds. The smallest absolute Gasteiger partial charge is 0.323 e. The number of carbonyl (C=O) groups excluding carboxylic acids is 1. The molecule has 1 atom stereocenters. The number of morpholine rings is 1. The molecule has 4 rings (SSSR count). The summed E-state index contributed by atoms with van der Waals surface area (Å²) < 4.78 is 10.7. The number of hydrogen-bond acceptors (Lipinski definition) is 7. The maximum absolute atomic E-state index is 12.5.